The molecule has 0 saturated carbocycles. The quantitative estimate of drug-likeness (QED) is 0.896. The van der Waals surface area contributed by atoms with Gasteiger partial charge in [-0.15, -0.1) is 0 Å². The smallest absolute Gasteiger partial charge is 0.0637 e. The molecule has 1 unspecified atom stereocenters. The zero-order valence-corrected chi connectivity index (χ0v) is 13.2. The highest BCUT2D eigenvalue weighted by Gasteiger charge is 2.25. The second-order valence-corrected chi connectivity index (χ2v) is 6.33. The number of aliphatic hydroxyl groups is 1. The molecule has 3 nitrogen and oxygen atoms in total. The summed E-state index contributed by atoms with van der Waals surface area (Å²) in [4.78, 5) is 2.38. The summed E-state index contributed by atoms with van der Waals surface area (Å²) in [6.07, 6.45) is 2.71. The highest BCUT2D eigenvalue weighted by Crippen LogP contribution is 2.29. The van der Waals surface area contributed by atoms with Crippen molar-refractivity contribution in [3.63, 3.8) is 0 Å². The van der Waals surface area contributed by atoms with Gasteiger partial charge in [0.2, 0.25) is 0 Å². The van der Waals surface area contributed by atoms with Crippen molar-refractivity contribution in [2.75, 3.05) is 24.5 Å². The predicted molar refractivity (Wildman–Crippen MR) is 85.5 cm³/mol. The van der Waals surface area contributed by atoms with Gasteiger partial charge in [-0.1, -0.05) is 18.5 Å². The van der Waals surface area contributed by atoms with Gasteiger partial charge in [-0.3, -0.25) is 0 Å². The minimum atomic E-state index is -0.525. The largest absolute Gasteiger partial charge is 0.390 e. The molecule has 1 atom stereocenters. The molecular weight excluding hydrogens is 272 g/mol. The highest BCUT2D eigenvalue weighted by molar-refractivity contribution is 6.30. The standard InChI is InChI=1S/C16H25ClN2O/c1-3-18-12-13-11-14(17)5-6-15(13)19-9-4-7-16(2,20)8-10-19/h5-6,11,18,20H,3-4,7-10,12H2,1-2H3. The number of rotatable bonds is 4. The Hall–Kier alpha value is -0.770. The van der Waals surface area contributed by atoms with Crippen LogP contribution in [0.15, 0.2) is 18.2 Å². The summed E-state index contributed by atoms with van der Waals surface area (Å²) in [5.41, 5.74) is 1.96. The molecule has 1 saturated heterocycles. The summed E-state index contributed by atoms with van der Waals surface area (Å²) in [6.45, 7) is 7.72. The number of hydrogen-bond donors (Lipinski definition) is 2. The van der Waals surface area contributed by atoms with Crippen LogP contribution in [0.5, 0.6) is 0 Å². The first-order chi connectivity index (χ1) is 9.52. The van der Waals surface area contributed by atoms with Gasteiger partial charge in [0.1, 0.15) is 0 Å². The molecule has 2 rings (SSSR count). The van der Waals surface area contributed by atoms with Crippen molar-refractivity contribution in [2.24, 2.45) is 0 Å². The zero-order chi connectivity index (χ0) is 14.6. The first-order valence-electron chi connectivity index (χ1n) is 7.48. The fourth-order valence-electron chi connectivity index (χ4n) is 2.77. The van der Waals surface area contributed by atoms with Crippen LogP contribution >= 0.6 is 11.6 Å². The van der Waals surface area contributed by atoms with Crippen LogP contribution in [0.1, 0.15) is 38.7 Å². The van der Waals surface area contributed by atoms with E-state index < -0.39 is 5.60 Å². The van der Waals surface area contributed by atoms with E-state index in [1.54, 1.807) is 0 Å². The molecule has 0 aromatic heterocycles. The van der Waals surface area contributed by atoms with Crippen LogP contribution in [0.25, 0.3) is 0 Å². The van der Waals surface area contributed by atoms with Crippen LogP contribution < -0.4 is 10.2 Å². The van der Waals surface area contributed by atoms with E-state index >= 15 is 0 Å². The molecule has 0 radical (unpaired) electrons. The summed E-state index contributed by atoms with van der Waals surface area (Å²) in [7, 11) is 0. The normalized spacial score (nSPS) is 23.7. The van der Waals surface area contributed by atoms with Crippen LogP contribution in [0.4, 0.5) is 5.69 Å². The molecule has 0 spiro atoms. The number of nitrogens with zero attached hydrogens (tertiary/aromatic N) is 1. The number of anilines is 1. The Kier molecular flexibility index (Phi) is 5.30. The predicted octanol–water partition coefficient (Wildman–Crippen LogP) is 3.19. The SMILES string of the molecule is CCNCc1cc(Cl)ccc1N1CCCC(C)(O)CC1. The minimum Gasteiger partial charge on any atom is -0.390 e. The van der Waals surface area contributed by atoms with Gasteiger partial charge in [-0.25, -0.2) is 0 Å². The van der Waals surface area contributed by atoms with Crippen LogP contribution in [0.2, 0.25) is 5.02 Å². The van der Waals surface area contributed by atoms with Crippen molar-refractivity contribution < 1.29 is 5.11 Å². The zero-order valence-electron chi connectivity index (χ0n) is 12.5. The van der Waals surface area contributed by atoms with Crippen molar-refractivity contribution in [1.29, 1.82) is 0 Å². The maximum Gasteiger partial charge on any atom is 0.0637 e. The molecule has 112 valence electrons. The van der Waals surface area contributed by atoms with Crippen molar-refractivity contribution in [2.45, 2.75) is 45.3 Å². The fraction of sp³-hybridized carbons (Fsp3) is 0.625. The van der Waals surface area contributed by atoms with Crippen molar-refractivity contribution >= 4 is 17.3 Å². The van der Waals surface area contributed by atoms with Crippen molar-refractivity contribution in [3.05, 3.63) is 28.8 Å². The van der Waals surface area contributed by atoms with E-state index in [9.17, 15) is 5.11 Å². The Labute approximate surface area is 126 Å². The Morgan fingerprint density at radius 1 is 1.35 bits per heavy atom. The molecular formula is C16H25ClN2O. The van der Waals surface area contributed by atoms with E-state index in [4.69, 9.17) is 11.6 Å². The van der Waals surface area contributed by atoms with Crippen LogP contribution in [0.3, 0.4) is 0 Å². The molecule has 1 aromatic rings. The van der Waals surface area contributed by atoms with E-state index in [1.165, 1.54) is 11.3 Å². The number of benzene rings is 1. The lowest BCUT2D eigenvalue weighted by Gasteiger charge is -2.26. The first kappa shape index (κ1) is 15.6. The Balaban J connectivity index is 2.18. The van der Waals surface area contributed by atoms with E-state index in [-0.39, 0.29) is 0 Å². The lowest BCUT2D eigenvalue weighted by molar-refractivity contribution is 0.0481. The third-order valence-electron chi connectivity index (χ3n) is 4.01. The molecule has 0 amide bonds. The molecule has 0 aliphatic carbocycles. The van der Waals surface area contributed by atoms with Gasteiger partial charge in [0.05, 0.1) is 5.60 Å². The van der Waals surface area contributed by atoms with Gasteiger partial charge in [0.25, 0.3) is 0 Å². The van der Waals surface area contributed by atoms with E-state index in [0.717, 1.165) is 50.5 Å². The summed E-state index contributed by atoms with van der Waals surface area (Å²) >= 11 is 6.13. The summed E-state index contributed by atoms with van der Waals surface area (Å²) in [5.74, 6) is 0. The molecule has 0 bridgehead atoms. The van der Waals surface area contributed by atoms with Crippen LogP contribution in [0, 0.1) is 0 Å². The third kappa shape index (κ3) is 4.11. The minimum absolute atomic E-state index is 0.525. The fourth-order valence-corrected chi connectivity index (χ4v) is 2.96. The average Bonchev–Trinajstić information content (AvgIpc) is 2.58. The molecule has 1 fully saturated rings. The Morgan fingerprint density at radius 2 is 2.15 bits per heavy atom. The van der Waals surface area contributed by atoms with Gasteiger partial charge >= 0.3 is 0 Å². The first-order valence-corrected chi connectivity index (χ1v) is 7.86. The second-order valence-electron chi connectivity index (χ2n) is 5.89. The molecule has 1 aliphatic rings. The number of halogens is 1. The second kappa shape index (κ2) is 6.79. The van der Waals surface area contributed by atoms with Gasteiger partial charge in [-0.2, -0.15) is 0 Å². The third-order valence-corrected chi connectivity index (χ3v) is 4.25. The lowest BCUT2D eigenvalue weighted by Crippen LogP contribution is -2.29. The monoisotopic (exact) mass is 296 g/mol. The maximum absolute atomic E-state index is 10.2. The van der Waals surface area contributed by atoms with Crippen molar-refractivity contribution in [3.8, 4) is 0 Å². The molecule has 1 aromatic carbocycles. The molecule has 1 heterocycles. The Bertz CT molecular complexity index is 448. The van der Waals surface area contributed by atoms with Crippen LogP contribution in [-0.2, 0) is 6.54 Å². The molecule has 20 heavy (non-hydrogen) atoms. The topological polar surface area (TPSA) is 35.5 Å². The van der Waals surface area contributed by atoms with Gasteiger partial charge in [0, 0.05) is 30.3 Å². The lowest BCUT2D eigenvalue weighted by atomic mass is 9.98. The van der Waals surface area contributed by atoms with E-state index in [0.29, 0.717) is 0 Å². The average molecular weight is 297 g/mol. The molecule has 2 N–H and O–H groups in total. The van der Waals surface area contributed by atoms with Crippen LogP contribution in [-0.4, -0.2) is 30.3 Å². The van der Waals surface area contributed by atoms with Gasteiger partial charge in [-0.05, 0) is 56.5 Å². The highest BCUT2D eigenvalue weighted by atomic mass is 35.5. The number of hydrogen-bond acceptors (Lipinski definition) is 3. The molecule has 4 heteroatoms. The van der Waals surface area contributed by atoms with Gasteiger partial charge in [0.15, 0.2) is 0 Å². The van der Waals surface area contributed by atoms with E-state index in [1.807, 2.05) is 19.1 Å². The summed E-state index contributed by atoms with van der Waals surface area (Å²) < 4.78 is 0. The number of nitrogens with one attached hydrogen (secondary N) is 1. The maximum atomic E-state index is 10.2. The molecule has 1 aliphatic heterocycles. The summed E-state index contributed by atoms with van der Waals surface area (Å²) in [5, 5.41) is 14.4. The summed E-state index contributed by atoms with van der Waals surface area (Å²) in [6, 6.07) is 6.10. The van der Waals surface area contributed by atoms with Gasteiger partial charge < -0.3 is 15.3 Å². The Morgan fingerprint density at radius 3 is 2.90 bits per heavy atom. The van der Waals surface area contributed by atoms with E-state index in [2.05, 4.69) is 23.2 Å². The van der Waals surface area contributed by atoms with Crippen molar-refractivity contribution in [1.82, 2.24) is 5.32 Å².